The van der Waals surface area contributed by atoms with Crippen LogP contribution in [0, 0.1) is 11.8 Å². The third-order valence-corrected chi connectivity index (χ3v) is 9.61. The van der Waals surface area contributed by atoms with Gasteiger partial charge in [-0.1, -0.05) is 19.1 Å². The van der Waals surface area contributed by atoms with Crippen molar-refractivity contribution in [3.05, 3.63) is 41.9 Å². The number of para-hydroxylation sites is 2. The van der Waals surface area contributed by atoms with Gasteiger partial charge in [0, 0.05) is 38.0 Å². The van der Waals surface area contributed by atoms with Crippen molar-refractivity contribution in [2.45, 2.75) is 77.2 Å². The van der Waals surface area contributed by atoms with Crippen LogP contribution in [0.2, 0.25) is 0 Å². The zero-order valence-electron chi connectivity index (χ0n) is 25.5. The van der Waals surface area contributed by atoms with Crippen molar-refractivity contribution < 1.29 is 18.3 Å². The van der Waals surface area contributed by atoms with Crippen LogP contribution < -0.4 is 4.90 Å². The molecule has 0 radical (unpaired) electrons. The number of halogens is 2. The maximum Gasteiger partial charge on any atom is 0.296 e. The minimum atomic E-state index is -2.72. The molecule has 1 aliphatic carbocycles. The van der Waals surface area contributed by atoms with Gasteiger partial charge in [0.1, 0.15) is 5.82 Å². The summed E-state index contributed by atoms with van der Waals surface area (Å²) in [5.41, 5.74) is 2.04. The number of hydrogen-bond donors (Lipinski definition) is 0. The third kappa shape index (κ3) is 7.52. The Kier molecular flexibility index (Phi) is 10.2. The fourth-order valence-electron chi connectivity index (χ4n) is 7.03. The number of hydrogen-bond acceptors (Lipinski definition) is 7. The van der Waals surface area contributed by atoms with E-state index in [-0.39, 0.29) is 5.82 Å². The molecule has 2 aromatic heterocycles. The fraction of sp³-hybridized carbons (Fsp3) is 0.667. The Morgan fingerprint density at radius 1 is 0.977 bits per heavy atom. The number of ether oxygens (including phenoxy) is 2. The lowest BCUT2D eigenvalue weighted by atomic mass is 9.78. The molecule has 4 heterocycles. The third-order valence-electron chi connectivity index (χ3n) is 9.61. The van der Waals surface area contributed by atoms with Gasteiger partial charge in [-0.3, -0.25) is 4.57 Å². The molecule has 10 heteroatoms. The zero-order chi connectivity index (χ0) is 29.6. The first kappa shape index (κ1) is 30.3. The van der Waals surface area contributed by atoms with Crippen molar-refractivity contribution in [2.75, 3.05) is 57.4 Å². The predicted octanol–water partition coefficient (Wildman–Crippen LogP) is 6.22. The van der Waals surface area contributed by atoms with E-state index < -0.39 is 6.43 Å². The van der Waals surface area contributed by atoms with Crippen LogP contribution in [0.3, 0.4) is 0 Å². The molecular formula is C33H46F2N6O2. The number of likely N-dealkylation sites (tertiary alicyclic amines) is 1. The Morgan fingerprint density at radius 2 is 1.74 bits per heavy atom. The molecule has 3 fully saturated rings. The SMILES string of the molecule is C[C@H](CCc1cc(-n2c(C(F)F)nc3ccccc32)nc(N2CCOCC2)n1)C1CCC(OCCCN2CCCC2)CC1. The number of aryl methyl sites for hydroxylation is 1. The van der Waals surface area contributed by atoms with Crippen molar-refractivity contribution in [3.8, 4) is 5.82 Å². The minimum Gasteiger partial charge on any atom is -0.378 e. The lowest BCUT2D eigenvalue weighted by Gasteiger charge is -2.32. The Morgan fingerprint density at radius 3 is 2.51 bits per heavy atom. The summed E-state index contributed by atoms with van der Waals surface area (Å²) in [6.07, 6.45) is 7.96. The van der Waals surface area contributed by atoms with E-state index in [4.69, 9.17) is 19.4 Å². The number of nitrogens with zero attached hydrogens (tertiary/aromatic N) is 6. The summed E-state index contributed by atoms with van der Waals surface area (Å²) >= 11 is 0. The molecule has 0 bridgehead atoms. The summed E-state index contributed by atoms with van der Waals surface area (Å²) in [5.74, 6) is 1.95. The lowest BCUT2D eigenvalue weighted by Crippen LogP contribution is -2.37. The van der Waals surface area contributed by atoms with Crippen LogP contribution in [0.5, 0.6) is 0 Å². The topological polar surface area (TPSA) is 68.5 Å². The molecule has 0 amide bonds. The average Bonchev–Trinajstić information content (AvgIpc) is 3.71. The number of aromatic nitrogens is 4. The van der Waals surface area contributed by atoms with Gasteiger partial charge < -0.3 is 19.3 Å². The van der Waals surface area contributed by atoms with Gasteiger partial charge in [-0.05, 0) is 94.8 Å². The van der Waals surface area contributed by atoms with Gasteiger partial charge in [0.2, 0.25) is 5.95 Å². The number of imidazole rings is 1. The Balaban J connectivity index is 1.10. The number of benzene rings is 1. The molecule has 0 N–H and O–H groups in total. The van der Waals surface area contributed by atoms with Crippen LogP contribution in [-0.4, -0.2) is 83.1 Å². The second-order valence-electron chi connectivity index (χ2n) is 12.5. The number of anilines is 1. The van der Waals surface area contributed by atoms with Gasteiger partial charge in [0.15, 0.2) is 5.82 Å². The van der Waals surface area contributed by atoms with Gasteiger partial charge in [-0.2, -0.15) is 4.98 Å². The molecule has 43 heavy (non-hydrogen) atoms. The van der Waals surface area contributed by atoms with Gasteiger partial charge in [-0.25, -0.2) is 18.7 Å². The fourth-order valence-corrected chi connectivity index (χ4v) is 7.03. The highest BCUT2D eigenvalue weighted by atomic mass is 19.3. The van der Waals surface area contributed by atoms with Crippen molar-refractivity contribution in [3.63, 3.8) is 0 Å². The largest absolute Gasteiger partial charge is 0.378 e. The highest BCUT2D eigenvalue weighted by molar-refractivity contribution is 5.78. The summed E-state index contributed by atoms with van der Waals surface area (Å²) < 4.78 is 41.7. The highest BCUT2D eigenvalue weighted by Gasteiger charge is 2.27. The van der Waals surface area contributed by atoms with E-state index in [1.54, 1.807) is 6.07 Å². The highest BCUT2D eigenvalue weighted by Crippen LogP contribution is 2.34. The van der Waals surface area contributed by atoms with Crippen molar-refractivity contribution in [1.29, 1.82) is 0 Å². The standard InChI is InChI=1S/C33H46F2N6O2/c1-24(25-10-13-27(14-11-25)43-20-6-17-39-15-4-5-16-39)9-12-26-23-30(38-33(36-26)40-18-21-42-22-19-40)41-29-8-3-2-7-28(29)37-32(41)31(34)35/h2-3,7-8,23-25,27,31H,4-6,9-22H2,1H3/t24-,25?,27?/m1/s1. The molecular weight excluding hydrogens is 550 g/mol. The molecule has 8 nitrogen and oxygen atoms in total. The summed E-state index contributed by atoms with van der Waals surface area (Å²) in [5, 5.41) is 0. The van der Waals surface area contributed by atoms with E-state index >= 15 is 0 Å². The van der Waals surface area contributed by atoms with Crippen molar-refractivity contribution >= 4 is 17.0 Å². The first-order valence-corrected chi connectivity index (χ1v) is 16.4. The summed E-state index contributed by atoms with van der Waals surface area (Å²) in [7, 11) is 0. The minimum absolute atomic E-state index is 0.290. The Bertz CT molecular complexity index is 1320. The maximum absolute atomic E-state index is 14.2. The molecule has 3 aliphatic rings. The Labute approximate surface area is 253 Å². The summed E-state index contributed by atoms with van der Waals surface area (Å²) in [6.45, 7) is 9.46. The molecule has 2 saturated heterocycles. The molecule has 1 saturated carbocycles. The molecule has 1 aromatic carbocycles. The van der Waals surface area contributed by atoms with Crippen LogP contribution in [0.4, 0.5) is 14.7 Å². The van der Waals surface area contributed by atoms with Gasteiger partial charge in [0.25, 0.3) is 6.43 Å². The second-order valence-corrected chi connectivity index (χ2v) is 12.5. The van der Waals surface area contributed by atoms with E-state index in [1.165, 1.54) is 49.9 Å². The first-order valence-electron chi connectivity index (χ1n) is 16.4. The molecule has 1 atom stereocenters. The summed E-state index contributed by atoms with van der Waals surface area (Å²) in [6, 6.07) is 9.12. The Hall–Kier alpha value is -2.69. The average molecular weight is 597 g/mol. The van der Waals surface area contributed by atoms with Gasteiger partial charge in [-0.15, -0.1) is 0 Å². The predicted molar refractivity (Wildman–Crippen MR) is 164 cm³/mol. The van der Waals surface area contributed by atoms with Crippen LogP contribution in [0.1, 0.15) is 76.2 Å². The lowest BCUT2D eigenvalue weighted by molar-refractivity contribution is 0.00827. The number of alkyl halides is 2. The number of rotatable bonds is 12. The van der Waals surface area contributed by atoms with Crippen LogP contribution in [0.25, 0.3) is 16.9 Å². The van der Waals surface area contributed by atoms with E-state index in [0.717, 1.165) is 44.4 Å². The normalized spacial score (nSPS) is 22.6. The van der Waals surface area contributed by atoms with Crippen molar-refractivity contribution in [2.24, 2.45) is 11.8 Å². The number of morpholine rings is 1. The van der Waals surface area contributed by atoms with Crippen molar-refractivity contribution in [1.82, 2.24) is 24.4 Å². The zero-order valence-corrected chi connectivity index (χ0v) is 25.5. The van der Waals surface area contributed by atoms with Crippen LogP contribution in [-0.2, 0) is 15.9 Å². The second kappa shape index (κ2) is 14.4. The van der Waals surface area contributed by atoms with Crippen LogP contribution in [0.15, 0.2) is 30.3 Å². The van der Waals surface area contributed by atoms with E-state index in [2.05, 4.69) is 21.7 Å². The van der Waals surface area contributed by atoms with E-state index in [1.807, 2.05) is 24.3 Å². The van der Waals surface area contributed by atoms with E-state index in [0.29, 0.717) is 67.0 Å². The summed E-state index contributed by atoms with van der Waals surface area (Å²) in [4.78, 5) is 18.6. The number of fused-ring (bicyclic) bond motifs is 1. The van der Waals surface area contributed by atoms with E-state index in [9.17, 15) is 8.78 Å². The monoisotopic (exact) mass is 596 g/mol. The quantitative estimate of drug-likeness (QED) is 0.230. The molecule has 234 valence electrons. The molecule has 6 rings (SSSR count). The molecule has 0 spiro atoms. The van der Waals surface area contributed by atoms with Gasteiger partial charge >= 0.3 is 0 Å². The van der Waals surface area contributed by atoms with Gasteiger partial charge in [0.05, 0.1) is 30.4 Å². The van der Waals surface area contributed by atoms with Crippen LogP contribution >= 0.6 is 0 Å². The molecule has 3 aromatic rings. The maximum atomic E-state index is 14.2. The smallest absolute Gasteiger partial charge is 0.296 e. The first-order chi connectivity index (χ1) is 21.0. The molecule has 0 unspecified atom stereocenters. The molecule has 2 aliphatic heterocycles.